The lowest BCUT2D eigenvalue weighted by Gasteiger charge is -2.30. The van der Waals surface area contributed by atoms with Gasteiger partial charge < -0.3 is 20.3 Å². The van der Waals surface area contributed by atoms with Gasteiger partial charge in [0.1, 0.15) is 0 Å². The first-order valence-electron chi connectivity index (χ1n) is 6.01. The van der Waals surface area contributed by atoms with Crippen LogP contribution in [0.15, 0.2) is 4.99 Å². The second-order valence-electron chi connectivity index (χ2n) is 4.81. The molecule has 2 aliphatic heterocycles. The molecular weight excluding hydrogens is 204 g/mol. The summed E-state index contributed by atoms with van der Waals surface area (Å²) in [5, 5.41) is 0. The van der Waals surface area contributed by atoms with E-state index >= 15 is 0 Å². The third kappa shape index (κ3) is 2.47. The maximum Gasteiger partial charge on any atom is 0.191 e. The van der Waals surface area contributed by atoms with Crippen molar-refractivity contribution in [2.45, 2.75) is 25.0 Å². The Morgan fingerprint density at radius 3 is 3.00 bits per heavy atom. The Kier molecular flexibility index (Phi) is 3.66. The monoisotopic (exact) mass is 226 g/mol. The van der Waals surface area contributed by atoms with Gasteiger partial charge in [-0.05, 0) is 26.9 Å². The molecule has 0 radical (unpaired) electrons. The summed E-state index contributed by atoms with van der Waals surface area (Å²) in [7, 11) is 4.15. The van der Waals surface area contributed by atoms with Crippen LogP contribution in [0.2, 0.25) is 0 Å². The Balaban J connectivity index is 1.92. The highest BCUT2D eigenvalue weighted by Crippen LogP contribution is 2.22. The lowest BCUT2D eigenvalue weighted by Crippen LogP contribution is -2.49. The highest BCUT2D eigenvalue weighted by Gasteiger charge is 2.35. The van der Waals surface area contributed by atoms with Crippen molar-refractivity contribution >= 4 is 5.96 Å². The summed E-state index contributed by atoms with van der Waals surface area (Å²) < 4.78 is 5.74. The SMILES string of the molecule is CN(C)CCN1C(N)=NCC1C1CCCO1. The fourth-order valence-electron chi connectivity index (χ4n) is 2.36. The third-order valence-electron chi connectivity index (χ3n) is 3.32. The standard InChI is InChI=1S/C11H22N4O/c1-14(2)5-6-15-9(8-13-11(15)12)10-4-3-7-16-10/h9-10H,3-8H2,1-2H3,(H2,12,13). The molecule has 2 heterocycles. The number of aliphatic imine (C=N–C) groups is 1. The van der Waals surface area contributed by atoms with Gasteiger partial charge in [-0.2, -0.15) is 0 Å². The Hall–Kier alpha value is -0.810. The zero-order chi connectivity index (χ0) is 11.5. The van der Waals surface area contributed by atoms with E-state index in [9.17, 15) is 0 Å². The van der Waals surface area contributed by atoms with Crippen molar-refractivity contribution in [1.29, 1.82) is 0 Å². The molecule has 2 aliphatic rings. The van der Waals surface area contributed by atoms with Crippen LogP contribution in [-0.4, -0.2) is 68.2 Å². The van der Waals surface area contributed by atoms with E-state index in [1.54, 1.807) is 0 Å². The minimum atomic E-state index is 0.326. The van der Waals surface area contributed by atoms with Crippen molar-refractivity contribution in [3.8, 4) is 0 Å². The van der Waals surface area contributed by atoms with E-state index in [4.69, 9.17) is 10.5 Å². The van der Waals surface area contributed by atoms with Crippen molar-refractivity contribution in [3.05, 3.63) is 0 Å². The first kappa shape index (κ1) is 11.7. The first-order chi connectivity index (χ1) is 7.68. The molecule has 2 atom stereocenters. The van der Waals surface area contributed by atoms with Crippen molar-refractivity contribution < 1.29 is 4.74 Å². The maximum atomic E-state index is 5.93. The Morgan fingerprint density at radius 2 is 2.38 bits per heavy atom. The molecule has 2 N–H and O–H groups in total. The van der Waals surface area contributed by atoms with Crippen LogP contribution in [0.4, 0.5) is 0 Å². The maximum absolute atomic E-state index is 5.93. The van der Waals surface area contributed by atoms with E-state index in [2.05, 4.69) is 28.9 Å². The summed E-state index contributed by atoms with van der Waals surface area (Å²) in [5.74, 6) is 0.683. The van der Waals surface area contributed by atoms with Crippen LogP contribution in [0.1, 0.15) is 12.8 Å². The van der Waals surface area contributed by atoms with E-state index in [1.807, 2.05) is 0 Å². The van der Waals surface area contributed by atoms with Crippen LogP contribution in [0.25, 0.3) is 0 Å². The van der Waals surface area contributed by atoms with Gasteiger partial charge >= 0.3 is 0 Å². The lowest BCUT2D eigenvalue weighted by atomic mass is 10.1. The second-order valence-corrected chi connectivity index (χ2v) is 4.81. The molecule has 0 spiro atoms. The minimum absolute atomic E-state index is 0.326. The van der Waals surface area contributed by atoms with Gasteiger partial charge in [0.05, 0.1) is 18.7 Å². The molecule has 0 aliphatic carbocycles. The number of guanidine groups is 1. The fourth-order valence-corrected chi connectivity index (χ4v) is 2.36. The zero-order valence-corrected chi connectivity index (χ0v) is 10.2. The van der Waals surface area contributed by atoms with Crippen LogP contribution in [0.5, 0.6) is 0 Å². The molecular formula is C11H22N4O. The normalized spacial score (nSPS) is 30.2. The average Bonchev–Trinajstić information content (AvgIpc) is 2.83. The molecule has 5 heteroatoms. The summed E-state index contributed by atoms with van der Waals surface area (Å²) in [5.41, 5.74) is 5.93. The van der Waals surface area contributed by atoms with Crippen molar-refractivity contribution in [1.82, 2.24) is 9.80 Å². The molecule has 1 fully saturated rings. The lowest BCUT2D eigenvalue weighted by molar-refractivity contribution is 0.0559. The summed E-state index contributed by atoms with van der Waals surface area (Å²) in [6, 6.07) is 0.363. The third-order valence-corrected chi connectivity index (χ3v) is 3.32. The van der Waals surface area contributed by atoms with Crippen LogP contribution in [0, 0.1) is 0 Å². The number of hydrogen-bond acceptors (Lipinski definition) is 5. The largest absolute Gasteiger partial charge is 0.376 e. The molecule has 2 unspecified atom stereocenters. The molecule has 5 nitrogen and oxygen atoms in total. The highest BCUT2D eigenvalue weighted by molar-refractivity contribution is 5.80. The Bertz CT molecular complexity index is 261. The molecule has 92 valence electrons. The van der Waals surface area contributed by atoms with Crippen LogP contribution < -0.4 is 5.73 Å². The van der Waals surface area contributed by atoms with Gasteiger partial charge in [-0.15, -0.1) is 0 Å². The molecule has 0 aromatic heterocycles. The summed E-state index contributed by atoms with van der Waals surface area (Å²) >= 11 is 0. The molecule has 0 aromatic carbocycles. The average molecular weight is 226 g/mol. The molecule has 1 saturated heterocycles. The van der Waals surface area contributed by atoms with E-state index < -0.39 is 0 Å². The minimum Gasteiger partial charge on any atom is -0.376 e. The van der Waals surface area contributed by atoms with Crippen LogP contribution in [0.3, 0.4) is 0 Å². The van der Waals surface area contributed by atoms with Crippen LogP contribution >= 0.6 is 0 Å². The number of hydrogen-bond donors (Lipinski definition) is 1. The number of likely N-dealkylation sites (N-methyl/N-ethyl adjacent to an activating group) is 1. The van der Waals surface area contributed by atoms with E-state index in [1.165, 1.54) is 6.42 Å². The zero-order valence-electron chi connectivity index (χ0n) is 10.2. The highest BCUT2D eigenvalue weighted by atomic mass is 16.5. The van der Waals surface area contributed by atoms with Gasteiger partial charge in [0.25, 0.3) is 0 Å². The van der Waals surface area contributed by atoms with Gasteiger partial charge in [0, 0.05) is 19.7 Å². The van der Waals surface area contributed by atoms with Crippen molar-refractivity contribution in [3.63, 3.8) is 0 Å². The number of nitrogens with two attached hydrogens (primary N) is 1. The van der Waals surface area contributed by atoms with E-state index in [-0.39, 0.29) is 0 Å². The van der Waals surface area contributed by atoms with Crippen molar-refractivity contribution in [2.24, 2.45) is 10.7 Å². The van der Waals surface area contributed by atoms with Gasteiger partial charge in [-0.25, -0.2) is 0 Å². The number of nitrogens with zero attached hydrogens (tertiary/aromatic N) is 3. The van der Waals surface area contributed by atoms with Gasteiger partial charge in [0.2, 0.25) is 0 Å². The predicted octanol–water partition coefficient (Wildman–Crippen LogP) is -0.274. The van der Waals surface area contributed by atoms with E-state index in [0.29, 0.717) is 18.1 Å². The predicted molar refractivity (Wildman–Crippen MR) is 64.5 cm³/mol. The molecule has 0 aromatic rings. The molecule has 2 rings (SSSR count). The smallest absolute Gasteiger partial charge is 0.191 e. The van der Waals surface area contributed by atoms with Crippen molar-refractivity contribution in [2.75, 3.05) is 40.3 Å². The number of rotatable bonds is 4. The van der Waals surface area contributed by atoms with Crippen LogP contribution in [-0.2, 0) is 4.74 Å². The molecule has 0 bridgehead atoms. The second kappa shape index (κ2) is 5.01. The van der Waals surface area contributed by atoms with E-state index in [0.717, 1.165) is 32.7 Å². The van der Waals surface area contributed by atoms with Gasteiger partial charge in [-0.3, -0.25) is 4.99 Å². The number of ether oxygens (including phenoxy) is 1. The molecule has 16 heavy (non-hydrogen) atoms. The first-order valence-corrected chi connectivity index (χ1v) is 6.01. The van der Waals surface area contributed by atoms with Gasteiger partial charge in [-0.1, -0.05) is 0 Å². The summed E-state index contributed by atoms with van der Waals surface area (Å²) in [4.78, 5) is 8.71. The topological polar surface area (TPSA) is 54.1 Å². The fraction of sp³-hybridized carbons (Fsp3) is 0.909. The quantitative estimate of drug-likeness (QED) is 0.717. The Labute approximate surface area is 97.2 Å². The summed E-state index contributed by atoms with van der Waals surface area (Å²) in [6.07, 6.45) is 2.64. The summed E-state index contributed by atoms with van der Waals surface area (Å²) in [6.45, 7) is 3.62. The molecule has 0 amide bonds. The van der Waals surface area contributed by atoms with Gasteiger partial charge in [0.15, 0.2) is 5.96 Å². The molecule has 0 saturated carbocycles. The Morgan fingerprint density at radius 1 is 1.56 bits per heavy atom.